The summed E-state index contributed by atoms with van der Waals surface area (Å²) in [6.07, 6.45) is 0.624. The maximum Gasteiger partial charge on any atom is 0.294 e. The molecular weight excluding hydrogens is 496 g/mol. The molecule has 1 aliphatic heterocycles. The van der Waals surface area contributed by atoms with Gasteiger partial charge in [-0.2, -0.15) is 10.4 Å². The van der Waals surface area contributed by atoms with Gasteiger partial charge in [-0.25, -0.2) is 4.83 Å². The monoisotopic (exact) mass is 526 g/mol. The van der Waals surface area contributed by atoms with Crippen LogP contribution in [-0.4, -0.2) is 29.1 Å². The van der Waals surface area contributed by atoms with Gasteiger partial charge in [-0.05, 0) is 68.5 Å². The molecule has 0 saturated heterocycles. The lowest BCUT2D eigenvalue weighted by Crippen LogP contribution is -2.59. The van der Waals surface area contributed by atoms with E-state index < -0.39 is 10.3 Å². The van der Waals surface area contributed by atoms with Gasteiger partial charge in [0.05, 0.1) is 17.3 Å². The number of nitrogens with one attached hydrogen (secondary N) is 2. The first-order valence-electron chi connectivity index (χ1n) is 11.7. The Morgan fingerprint density at radius 1 is 1.28 bits per heavy atom. The Kier molecular flexibility index (Phi) is 8.70. The van der Waals surface area contributed by atoms with E-state index in [1.165, 1.54) is 0 Å². The molecule has 3 atom stereocenters. The molecule has 0 spiro atoms. The number of rotatable bonds is 10. The van der Waals surface area contributed by atoms with Crippen molar-refractivity contribution in [3.8, 4) is 6.07 Å². The number of nitrogens with zero attached hydrogens (tertiary/aromatic N) is 2. The summed E-state index contributed by atoms with van der Waals surface area (Å²) in [4.78, 5) is 26.9. The molecule has 0 aromatic heterocycles. The molecular formula is C27H31ClN4O3S. The highest BCUT2D eigenvalue weighted by molar-refractivity contribution is 7.99. The molecule has 1 unspecified atom stereocenters. The van der Waals surface area contributed by atoms with Crippen LogP contribution < -0.4 is 10.1 Å². The zero-order chi connectivity index (χ0) is 26.5. The van der Waals surface area contributed by atoms with Crippen LogP contribution in [0.1, 0.15) is 57.2 Å². The number of nitriles is 1. The highest BCUT2D eigenvalue weighted by Crippen LogP contribution is 2.47. The van der Waals surface area contributed by atoms with E-state index in [1.54, 1.807) is 19.9 Å². The maximum absolute atomic E-state index is 13.8. The summed E-state index contributed by atoms with van der Waals surface area (Å²) >= 11 is 7.19. The van der Waals surface area contributed by atoms with Crippen LogP contribution in [0.25, 0.3) is 0 Å². The van der Waals surface area contributed by atoms with E-state index in [4.69, 9.17) is 16.3 Å². The molecule has 36 heavy (non-hydrogen) atoms. The molecule has 7 nitrogen and oxygen atoms in total. The predicted molar refractivity (Wildman–Crippen MR) is 143 cm³/mol. The second kappa shape index (κ2) is 11.4. The van der Waals surface area contributed by atoms with E-state index in [-0.39, 0.29) is 23.8 Å². The molecule has 0 saturated carbocycles. The SMILES string of the molecule is CC(C)C1=NNSC1(OC=O)C(C)(C)C(=O)N[C@@H](C)[C@@H](Cc1ccc(Cl)cc1)c1cccc(C#N)c1. The molecule has 0 radical (unpaired) electrons. The number of halogens is 1. The second-order valence-corrected chi connectivity index (χ2v) is 11.1. The van der Waals surface area contributed by atoms with Crippen LogP contribution in [0.4, 0.5) is 0 Å². The lowest BCUT2D eigenvalue weighted by atomic mass is 9.78. The number of ether oxygens (including phenoxy) is 1. The Hall–Kier alpha value is -3.02. The minimum atomic E-state index is -1.29. The van der Waals surface area contributed by atoms with Gasteiger partial charge in [0.1, 0.15) is 5.41 Å². The summed E-state index contributed by atoms with van der Waals surface area (Å²) in [5, 5.41) is 17.6. The zero-order valence-corrected chi connectivity index (χ0v) is 22.6. The Labute approximate surface area is 221 Å². The molecule has 2 N–H and O–H groups in total. The fourth-order valence-electron chi connectivity index (χ4n) is 4.45. The van der Waals surface area contributed by atoms with Crippen LogP contribution in [0.5, 0.6) is 0 Å². The molecule has 9 heteroatoms. The van der Waals surface area contributed by atoms with Crippen LogP contribution in [0.15, 0.2) is 53.6 Å². The van der Waals surface area contributed by atoms with Crippen molar-refractivity contribution in [1.82, 2.24) is 10.1 Å². The Morgan fingerprint density at radius 2 is 1.97 bits per heavy atom. The molecule has 1 aliphatic rings. The van der Waals surface area contributed by atoms with Crippen molar-refractivity contribution in [2.45, 2.75) is 57.9 Å². The van der Waals surface area contributed by atoms with Crippen molar-refractivity contribution < 1.29 is 14.3 Å². The van der Waals surface area contributed by atoms with Gasteiger partial charge < -0.3 is 10.1 Å². The minimum absolute atomic E-state index is 0.0525. The van der Waals surface area contributed by atoms with Crippen molar-refractivity contribution in [2.75, 3.05) is 0 Å². The third-order valence-electron chi connectivity index (χ3n) is 6.62. The molecule has 2 aromatic carbocycles. The summed E-state index contributed by atoms with van der Waals surface area (Å²) in [6.45, 7) is 9.69. The number of hydrogen-bond acceptors (Lipinski definition) is 7. The van der Waals surface area contributed by atoms with Crippen LogP contribution in [-0.2, 0) is 20.7 Å². The highest BCUT2D eigenvalue weighted by Gasteiger charge is 2.60. The molecule has 0 bridgehead atoms. The van der Waals surface area contributed by atoms with Gasteiger partial charge in [0, 0.05) is 28.9 Å². The van der Waals surface area contributed by atoms with E-state index in [2.05, 4.69) is 21.3 Å². The van der Waals surface area contributed by atoms with Crippen LogP contribution in [0.2, 0.25) is 5.02 Å². The van der Waals surface area contributed by atoms with Gasteiger partial charge in [0.2, 0.25) is 10.8 Å². The van der Waals surface area contributed by atoms with Crippen LogP contribution >= 0.6 is 23.5 Å². The fraction of sp³-hybridized carbons (Fsp3) is 0.407. The van der Waals surface area contributed by atoms with E-state index >= 15 is 0 Å². The van der Waals surface area contributed by atoms with Crippen LogP contribution in [0, 0.1) is 22.7 Å². The predicted octanol–water partition coefficient (Wildman–Crippen LogP) is 5.20. The van der Waals surface area contributed by atoms with Gasteiger partial charge >= 0.3 is 0 Å². The maximum atomic E-state index is 13.8. The van der Waals surface area contributed by atoms with E-state index in [0.717, 1.165) is 23.1 Å². The number of hydrazone groups is 1. The normalized spacial score (nSPS) is 19.0. The van der Waals surface area contributed by atoms with E-state index in [0.29, 0.717) is 29.2 Å². The zero-order valence-electron chi connectivity index (χ0n) is 21.0. The second-order valence-electron chi connectivity index (χ2n) is 9.74. The molecule has 0 fully saturated rings. The van der Waals surface area contributed by atoms with Crippen molar-refractivity contribution >= 4 is 41.6 Å². The fourth-order valence-corrected chi connectivity index (χ4v) is 5.67. The Bertz CT molecular complexity index is 1180. The number of carbonyl (C=O) groups is 2. The molecule has 3 rings (SSSR count). The first-order valence-corrected chi connectivity index (χ1v) is 12.9. The number of amides is 1. The lowest BCUT2D eigenvalue weighted by Gasteiger charge is -2.41. The lowest BCUT2D eigenvalue weighted by molar-refractivity contribution is -0.146. The molecule has 1 heterocycles. The Morgan fingerprint density at radius 3 is 2.58 bits per heavy atom. The first kappa shape index (κ1) is 27.6. The average molecular weight is 527 g/mol. The van der Waals surface area contributed by atoms with Gasteiger partial charge in [0.25, 0.3) is 6.47 Å². The van der Waals surface area contributed by atoms with Gasteiger partial charge in [-0.3, -0.25) is 9.59 Å². The highest BCUT2D eigenvalue weighted by atomic mass is 35.5. The smallest absolute Gasteiger partial charge is 0.294 e. The van der Waals surface area contributed by atoms with Crippen molar-refractivity contribution in [3.05, 3.63) is 70.2 Å². The summed E-state index contributed by atoms with van der Waals surface area (Å²) in [5.74, 6) is -0.461. The minimum Gasteiger partial charge on any atom is -0.441 e. The first-order chi connectivity index (χ1) is 17.1. The number of benzene rings is 2. The molecule has 2 aromatic rings. The third-order valence-corrected chi connectivity index (χ3v) is 8.16. The summed E-state index contributed by atoms with van der Waals surface area (Å²) < 4.78 is 5.59. The standard InChI is InChI=1S/C27H31ClN4O3S/c1-17(2)24-27(35-16-33,36-32-31-24)26(4,5)25(34)30-18(3)23(14-19-9-11-22(28)12-10-19)21-8-6-7-20(13-21)15-29/h6-13,16-18,23,32H,14H2,1-5H3,(H,30,34)/t18-,23+,27?/m0/s1. The number of carbonyl (C=O) groups excluding carboxylic acids is 2. The largest absolute Gasteiger partial charge is 0.441 e. The van der Waals surface area contributed by atoms with Gasteiger partial charge in [-0.15, -0.1) is 0 Å². The summed E-state index contributed by atoms with van der Waals surface area (Å²) in [7, 11) is 0. The number of hydrogen-bond donors (Lipinski definition) is 2. The molecule has 1 amide bonds. The molecule has 190 valence electrons. The van der Waals surface area contributed by atoms with Gasteiger partial charge in [0.15, 0.2) is 0 Å². The quantitative estimate of drug-likeness (QED) is 0.325. The van der Waals surface area contributed by atoms with Crippen molar-refractivity contribution in [3.63, 3.8) is 0 Å². The van der Waals surface area contributed by atoms with Crippen LogP contribution in [0.3, 0.4) is 0 Å². The van der Waals surface area contributed by atoms with E-state index in [9.17, 15) is 14.9 Å². The van der Waals surface area contributed by atoms with Crippen molar-refractivity contribution in [1.29, 1.82) is 5.26 Å². The van der Waals surface area contributed by atoms with E-state index in [1.807, 2.05) is 63.2 Å². The summed E-state index contributed by atoms with van der Waals surface area (Å²) in [5.41, 5.74) is 1.98. The third kappa shape index (κ3) is 5.53. The topological polar surface area (TPSA) is 104 Å². The molecule has 0 aliphatic carbocycles. The summed E-state index contributed by atoms with van der Waals surface area (Å²) in [6, 6.07) is 16.9. The van der Waals surface area contributed by atoms with Crippen molar-refractivity contribution in [2.24, 2.45) is 16.4 Å². The Balaban J connectivity index is 1.93. The van der Waals surface area contributed by atoms with Gasteiger partial charge in [-0.1, -0.05) is 49.7 Å². The average Bonchev–Trinajstić information content (AvgIpc) is 3.29.